The molecule has 0 radical (unpaired) electrons. The molecule has 0 unspecified atom stereocenters. The van der Waals surface area contributed by atoms with E-state index in [1.165, 1.54) is 19.3 Å². The Morgan fingerprint density at radius 1 is 1.19 bits per heavy atom. The molecule has 0 amide bonds. The first-order valence-electron chi connectivity index (χ1n) is 5.87. The van der Waals surface area contributed by atoms with Gasteiger partial charge in [0.05, 0.1) is 11.7 Å². The van der Waals surface area contributed by atoms with Crippen LogP contribution in [0.15, 0.2) is 24.3 Å². The second kappa shape index (κ2) is 5.01. The minimum Gasteiger partial charge on any atom is -0.490 e. The summed E-state index contributed by atoms with van der Waals surface area (Å²) in [4.78, 5) is 0. The van der Waals surface area contributed by atoms with Crippen LogP contribution in [0.4, 0.5) is 0 Å². The summed E-state index contributed by atoms with van der Waals surface area (Å²) in [5.41, 5.74) is 6.22. The second-order valence-electron chi connectivity index (χ2n) is 4.29. The van der Waals surface area contributed by atoms with Crippen molar-refractivity contribution in [1.82, 2.24) is 0 Å². The van der Waals surface area contributed by atoms with Crippen LogP contribution < -0.4 is 10.5 Å². The number of ether oxygens (including phenoxy) is 1. The predicted octanol–water partition coefficient (Wildman–Crippen LogP) is 2.68. The van der Waals surface area contributed by atoms with Gasteiger partial charge in [-0.3, -0.25) is 5.41 Å². The fourth-order valence-corrected chi connectivity index (χ4v) is 2.15. The van der Waals surface area contributed by atoms with Gasteiger partial charge < -0.3 is 10.5 Å². The summed E-state index contributed by atoms with van der Waals surface area (Å²) in [7, 11) is 0. The maximum atomic E-state index is 7.49. The van der Waals surface area contributed by atoms with E-state index in [4.69, 9.17) is 15.9 Å². The highest BCUT2D eigenvalue weighted by Crippen LogP contribution is 2.25. The van der Waals surface area contributed by atoms with E-state index in [1.807, 2.05) is 24.3 Å². The second-order valence-corrected chi connectivity index (χ2v) is 4.29. The zero-order valence-electron chi connectivity index (χ0n) is 9.41. The molecule has 1 fully saturated rings. The number of benzene rings is 1. The highest BCUT2D eigenvalue weighted by molar-refractivity contribution is 5.97. The topological polar surface area (TPSA) is 59.1 Å². The normalized spacial score (nSPS) is 17.0. The third-order valence-electron chi connectivity index (χ3n) is 3.02. The molecule has 3 heteroatoms. The first-order valence-corrected chi connectivity index (χ1v) is 5.87. The molecular weight excluding hydrogens is 200 g/mol. The molecule has 0 aromatic heterocycles. The molecule has 3 nitrogen and oxygen atoms in total. The third-order valence-corrected chi connectivity index (χ3v) is 3.02. The third kappa shape index (κ3) is 2.54. The smallest absolute Gasteiger partial charge is 0.130 e. The van der Waals surface area contributed by atoms with Crippen molar-refractivity contribution >= 4 is 5.84 Å². The Kier molecular flexibility index (Phi) is 3.44. The maximum absolute atomic E-state index is 7.49. The van der Waals surface area contributed by atoms with Gasteiger partial charge in [0.2, 0.25) is 0 Å². The van der Waals surface area contributed by atoms with Gasteiger partial charge >= 0.3 is 0 Å². The van der Waals surface area contributed by atoms with E-state index in [1.54, 1.807) is 0 Å². The SMILES string of the molecule is N=C(N)c1ccccc1OC1CCCCC1. The first-order chi connectivity index (χ1) is 7.77. The number of para-hydroxylation sites is 1. The van der Waals surface area contributed by atoms with Crippen LogP contribution in [0.5, 0.6) is 5.75 Å². The Morgan fingerprint density at radius 2 is 1.88 bits per heavy atom. The van der Waals surface area contributed by atoms with Crippen LogP contribution in [0, 0.1) is 5.41 Å². The average Bonchev–Trinajstić information content (AvgIpc) is 2.31. The number of hydrogen-bond acceptors (Lipinski definition) is 2. The monoisotopic (exact) mass is 218 g/mol. The molecule has 16 heavy (non-hydrogen) atoms. The predicted molar refractivity (Wildman–Crippen MR) is 65.0 cm³/mol. The van der Waals surface area contributed by atoms with Gasteiger partial charge in [-0.1, -0.05) is 18.6 Å². The van der Waals surface area contributed by atoms with Crippen molar-refractivity contribution in [2.24, 2.45) is 5.73 Å². The van der Waals surface area contributed by atoms with Gasteiger partial charge in [0.1, 0.15) is 11.6 Å². The summed E-state index contributed by atoms with van der Waals surface area (Å²) >= 11 is 0. The van der Waals surface area contributed by atoms with Crippen molar-refractivity contribution < 1.29 is 4.74 Å². The van der Waals surface area contributed by atoms with Gasteiger partial charge in [-0.15, -0.1) is 0 Å². The van der Waals surface area contributed by atoms with E-state index in [0.717, 1.165) is 18.6 Å². The van der Waals surface area contributed by atoms with Crippen LogP contribution in [-0.2, 0) is 0 Å². The maximum Gasteiger partial charge on any atom is 0.130 e. The average molecular weight is 218 g/mol. The molecule has 0 heterocycles. The molecule has 1 saturated carbocycles. The highest BCUT2D eigenvalue weighted by Gasteiger charge is 2.16. The summed E-state index contributed by atoms with van der Waals surface area (Å²) < 4.78 is 5.93. The molecule has 86 valence electrons. The van der Waals surface area contributed by atoms with Crippen molar-refractivity contribution in [3.05, 3.63) is 29.8 Å². The molecule has 1 aliphatic carbocycles. The van der Waals surface area contributed by atoms with Gasteiger partial charge in [-0.05, 0) is 37.8 Å². The summed E-state index contributed by atoms with van der Waals surface area (Å²) in [6, 6.07) is 7.53. The van der Waals surface area contributed by atoms with E-state index in [-0.39, 0.29) is 5.84 Å². The molecule has 3 N–H and O–H groups in total. The molecule has 0 aliphatic heterocycles. The summed E-state index contributed by atoms with van der Waals surface area (Å²) in [5.74, 6) is 0.827. The molecule has 0 spiro atoms. The van der Waals surface area contributed by atoms with Crippen LogP contribution in [0.1, 0.15) is 37.7 Å². The van der Waals surface area contributed by atoms with Crippen LogP contribution in [0.3, 0.4) is 0 Å². The number of rotatable bonds is 3. The fraction of sp³-hybridized carbons (Fsp3) is 0.462. The molecule has 0 saturated heterocycles. The van der Waals surface area contributed by atoms with E-state index < -0.39 is 0 Å². The lowest BCUT2D eigenvalue weighted by atomic mass is 9.97. The van der Waals surface area contributed by atoms with Gasteiger partial charge in [-0.2, -0.15) is 0 Å². The van der Waals surface area contributed by atoms with E-state index in [0.29, 0.717) is 11.7 Å². The van der Waals surface area contributed by atoms with Gasteiger partial charge in [-0.25, -0.2) is 0 Å². The zero-order valence-corrected chi connectivity index (χ0v) is 9.41. The lowest BCUT2D eigenvalue weighted by molar-refractivity contribution is 0.154. The van der Waals surface area contributed by atoms with Crippen molar-refractivity contribution in [2.75, 3.05) is 0 Å². The van der Waals surface area contributed by atoms with Crippen LogP contribution in [0.25, 0.3) is 0 Å². The number of nitrogens with two attached hydrogens (primary N) is 1. The van der Waals surface area contributed by atoms with Crippen molar-refractivity contribution in [3.8, 4) is 5.75 Å². The van der Waals surface area contributed by atoms with Crippen molar-refractivity contribution in [1.29, 1.82) is 5.41 Å². The Balaban J connectivity index is 2.10. The van der Waals surface area contributed by atoms with E-state index in [2.05, 4.69) is 0 Å². The standard InChI is InChI=1S/C13H18N2O/c14-13(15)11-8-4-5-9-12(11)16-10-6-2-1-3-7-10/h4-5,8-10H,1-3,6-7H2,(H3,14,15). The van der Waals surface area contributed by atoms with Gasteiger partial charge in [0.25, 0.3) is 0 Å². The number of nitrogens with one attached hydrogen (secondary N) is 1. The Morgan fingerprint density at radius 3 is 2.56 bits per heavy atom. The van der Waals surface area contributed by atoms with Gasteiger partial charge in [0.15, 0.2) is 0 Å². The Bertz CT molecular complexity index is 370. The zero-order chi connectivity index (χ0) is 11.4. The molecule has 0 bridgehead atoms. The van der Waals surface area contributed by atoms with Crippen LogP contribution in [-0.4, -0.2) is 11.9 Å². The van der Waals surface area contributed by atoms with Crippen molar-refractivity contribution in [3.63, 3.8) is 0 Å². The van der Waals surface area contributed by atoms with Crippen molar-refractivity contribution in [2.45, 2.75) is 38.2 Å². The summed E-state index contributed by atoms with van der Waals surface area (Å²) in [6.07, 6.45) is 6.33. The fourth-order valence-electron chi connectivity index (χ4n) is 2.15. The number of amidine groups is 1. The largest absolute Gasteiger partial charge is 0.490 e. The minimum atomic E-state index is 0.0754. The Hall–Kier alpha value is -1.51. The molecule has 1 aromatic rings. The van der Waals surface area contributed by atoms with E-state index >= 15 is 0 Å². The quantitative estimate of drug-likeness (QED) is 0.605. The summed E-state index contributed by atoms with van der Waals surface area (Å²) in [5, 5.41) is 7.49. The molecule has 2 rings (SSSR count). The van der Waals surface area contributed by atoms with Crippen LogP contribution >= 0.6 is 0 Å². The molecule has 0 atom stereocenters. The lowest BCUT2D eigenvalue weighted by Gasteiger charge is -2.24. The number of hydrogen-bond donors (Lipinski definition) is 2. The highest BCUT2D eigenvalue weighted by atomic mass is 16.5. The Labute approximate surface area is 96.1 Å². The van der Waals surface area contributed by atoms with Gasteiger partial charge in [0, 0.05) is 0 Å². The molecule has 1 aromatic carbocycles. The molecular formula is C13H18N2O. The minimum absolute atomic E-state index is 0.0754. The number of nitrogen functional groups attached to an aromatic ring is 1. The lowest BCUT2D eigenvalue weighted by Crippen LogP contribution is -2.22. The summed E-state index contributed by atoms with van der Waals surface area (Å²) in [6.45, 7) is 0. The van der Waals surface area contributed by atoms with E-state index in [9.17, 15) is 0 Å². The van der Waals surface area contributed by atoms with Crippen LogP contribution in [0.2, 0.25) is 0 Å². The first kappa shape index (κ1) is 11.0. The molecule has 1 aliphatic rings.